The van der Waals surface area contributed by atoms with Crippen molar-refractivity contribution in [2.24, 2.45) is 5.73 Å². The minimum Gasteiger partial charge on any atom is -0.480 e. The number of carboxylic acids is 1. The van der Waals surface area contributed by atoms with Gasteiger partial charge in [0.05, 0.1) is 15.9 Å². The molecule has 1 rings (SSSR count). The van der Waals surface area contributed by atoms with Gasteiger partial charge in [-0.1, -0.05) is 0 Å². The van der Waals surface area contributed by atoms with Crippen molar-refractivity contribution in [3.05, 3.63) is 38.4 Å². The van der Waals surface area contributed by atoms with Crippen LogP contribution in [-0.2, 0) is 9.59 Å². The molecule has 1 amide bonds. The summed E-state index contributed by atoms with van der Waals surface area (Å²) in [5.41, 5.74) is 4.52. The van der Waals surface area contributed by atoms with E-state index in [9.17, 15) is 29.8 Å². The lowest BCUT2D eigenvalue weighted by atomic mass is 10.2. The number of nitro benzene ring substituents is 2. The van der Waals surface area contributed by atoms with Gasteiger partial charge in [0.25, 0.3) is 11.4 Å². The lowest BCUT2D eigenvalue weighted by Crippen LogP contribution is -2.49. The second kappa shape index (κ2) is 7.82. The summed E-state index contributed by atoms with van der Waals surface area (Å²) in [4.78, 5) is 42.3. The maximum Gasteiger partial charge on any atom is 0.325 e. The van der Waals surface area contributed by atoms with Gasteiger partial charge in [0.1, 0.15) is 17.8 Å². The molecule has 1 aromatic rings. The number of aliphatic carboxylic acids is 1. The monoisotopic (exact) mass is 341 g/mol. The van der Waals surface area contributed by atoms with Gasteiger partial charge in [-0.3, -0.25) is 29.8 Å². The summed E-state index contributed by atoms with van der Waals surface area (Å²) in [6.45, 7) is 1.01. The molecule has 1 aromatic carbocycles. The molecular weight excluding hydrogens is 326 g/mol. The average Bonchev–Trinajstić information content (AvgIpc) is 2.51. The fourth-order valence-electron chi connectivity index (χ4n) is 1.63. The highest BCUT2D eigenvalue weighted by atomic mass is 16.6. The van der Waals surface area contributed by atoms with Gasteiger partial charge < -0.3 is 21.5 Å². The Morgan fingerprint density at radius 3 is 2.42 bits per heavy atom. The summed E-state index contributed by atoms with van der Waals surface area (Å²) >= 11 is 0. The minimum absolute atomic E-state index is 0.0554. The van der Waals surface area contributed by atoms with E-state index < -0.39 is 45.2 Å². The number of hydrogen-bond donors (Lipinski definition) is 4. The molecule has 0 unspecified atom stereocenters. The number of carbonyl (C=O) groups is 2. The zero-order valence-electron chi connectivity index (χ0n) is 12.5. The van der Waals surface area contributed by atoms with E-state index in [1.54, 1.807) is 0 Å². The third-order valence-electron chi connectivity index (χ3n) is 2.97. The Bertz CT molecular complexity index is 678. The SMILES string of the molecule is C[C@H](NC(=O)[C@@H](N)CNc1ccc([N+](=O)[O-])cc1[N+](=O)[O-])C(=O)O. The van der Waals surface area contributed by atoms with E-state index >= 15 is 0 Å². The van der Waals surface area contributed by atoms with E-state index in [0.29, 0.717) is 0 Å². The minimum atomic E-state index is -1.24. The van der Waals surface area contributed by atoms with E-state index in [-0.39, 0.29) is 12.2 Å². The van der Waals surface area contributed by atoms with Gasteiger partial charge in [-0.15, -0.1) is 0 Å². The third-order valence-corrected chi connectivity index (χ3v) is 2.97. The summed E-state index contributed by atoms with van der Waals surface area (Å²) in [5, 5.41) is 35.0. The van der Waals surface area contributed by atoms with Crippen molar-refractivity contribution in [3.63, 3.8) is 0 Å². The number of nitrogens with two attached hydrogens (primary N) is 1. The van der Waals surface area contributed by atoms with Gasteiger partial charge >= 0.3 is 5.97 Å². The van der Waals surface area contributed by atoms with Crippen molar-refractivity contribution in [1.29, 1.82) is 0 Å². The zero-order valence-corrected chi connectivity index (χ0v) is 12.5. The first-order valence-electron chi connectivity index (χ1n) is 6.59. The Balaban J connectivity index is 2.79. The number of nitrogens with one attached hydrogen (secondary N) is 2. The molecule has 0 fully saturated rings. The van der Waals surface area contributed by atoms with Crippen LogP contribution in [-0.4, -0.2) is 45.5 Å². The summed E-state index contributed by atoms with van der Waals surface area (Å²) in [6.07, 6.45) is 0. The van der Waals surface area contributed by atoms with Crippen LogP contribution >= 0.6 is 0 Å². The van der Waals surface area contributed by atoms with Gasteiger partial charge in [-0.05, 0) is 13.0 Å². The smallest absolute Gasteiger partial charge is 0.325 e. The highest BCUT2D eigenvalue weighted by Crippen LogP contribution is 2.28. The van der Waals surface area contributed by atoms with Crippen molar-refractivity contribution in [1.82, 2.24) is 5.32 Å². The van der Waals surface area contributed by atoms with Crippen LogP contribution in [0.15, 0.2) is 18.2 Å². The molecule has 0 heterocycles. The van der Waals surface area contributed by atoms with Gasteiger partial charge in [0.15, 0.2) is 0 Å². The van der Waals surface area contributed by atoms with Crippen LogP contribution in [0.4, 0.5) is 17.1 Å². The Morgan fingerprint density at radius 1 is 1.29 bits per heavy atom. The summed E-state index contributed by atoms with van der Waals surface area (Å²) in [5.74, 6) is -2.00. The Kier molecular flexibility index (Phi) is 6.12. The summed E-state index contributed by atoms with van der Waals surface area (Å²) < 4.78 is 0. The first-order valence-corrected chi connectivity index (χ1v) is 6.59. The topological polar surface area (TPSA) is 191 Å². The molecule has 0 bridgehead atoms. The van der Waals surface area contributed by atoms with E-state index in [0.717, 1.165) is 18.2 Å². The van der Waals surface area contributed by atoms with Crippen molar-refractivity contribution in [3.8, 4) is 0 Å². The molecule has 0 saturated heterocycles. The molecule has 12 nitrogen and oxygen atoms in total. The molecule has 0 aliphatic heterocycles. The van der Waals surface area contributed by atoms with E-state index in [2.05, 4.69) is 10.6 Å². The molecule has 0 aliphatic rings. The standard InChI is InChI=1S/C12H15N5O7/c1-6(12(19)20)15-11(18)8(13)5-14-9-3-2-7(16(21)22)4-10(9)17(23)24/h2-4,6,8,14H,5,13H2,1H3,(H,15,18)(H,19,20)/t6-,8-/m0/s1. The van der Waals surface area contributed by atoms with Gasteiger partial charge in [-0.2, -0.15) is 0 Å². The van der Waals surface area contributed by atoms with E-state index in [1.807, 2.05) is 0 Å². The van der Waals surface area contributed by atoms with E-state index in [1.165, 1.54) is 6.92 Å². The van der Waals surface area contributed by atoms with Gasteiger partial charge in [0, 0.05) is 12.6 Å². The Labute approximate surface area is 134 Å². The van der Waals surface area contributed by atoms with Crippen LogP contribution in [0.25, 0.3) is 0 Å². The van der Waals surface area contributed by atoms with Gasteiger partial charge in [0.2, 0.25) is 5.91 Å². The summed E-state index contributed by atoms with van der Waals surface area (Å²) in [7, 11) is 0. The lowest BCUT2D eigenvalue weighted by molar-refractivity contribution is -0.393. The van der Waals surface area contributed by atoms with Crippen molar-refractivity contribution >= 4 is 28.9 Å². The van der Waals surface area contributed by atoms with Crippen LogP contribution in [0.2, 0.25) is 0 Å². The fourth-order valence-corrected chi connectivity index (χ4v) is 1.63. The highest BCUT2D eigenvalue weighted by molar-refractivity contribution is 5.87. The van der Waals surface area contributed by atoms with Crippen LogP contribution in [0, 0.1) is 20.2 Å². The van der Waals surface area contributed by atoms with Crippen LogP contribution < -0.4 is 16.4 Å². The molecule has 2 atom stereocenters. The average molecular weight is 341 g/mol. The Morgan fingerprint density at radius 2 is 1.92 bits per heavy atom. The third kappa shape index (κ3) is 4.88. The molecule has 5 N–H and O–H groups in total. The Hall–Kier alpha value is -3.28. The second-order valence-electron chi connectivity index (χ2n) is 4.77. The first-order chi connectivity index (χ1) is 11.1. The number of rotatable bonds is 8. The number of carbonyl (C=O) groups excluding carboxylic acids is 1. The molecule has 0 aromatic heterocycles. The largest absolute Gasteiger partial charge is 0.480 e. The molecule has 0 saturated carbocycles. The van der Waals surface area contributed by atoms with Crippen LogP contribution in [0.1, 0.15) is 6.92 Å². The second-order valence-corrected chi connectivity index (χ2v) is 4.77. The molecule has 0 spiro atoms. The lowest BCUT2D eigenvalue weighted by Gasteiger charge is -2.16. The number of hydrogen-bond acceptors (Lipinski definition) is 8. The number of nitrogens with zero attached hydrogens (tertiary/aromatic N) is 2. The summed E-state index contributed by atoms with van der Waals surface area (Å²) in [6, 6.07) is 0.646. The van der Waals surface area contributed by atoms with Crippen LogP contribution in [0.5, 0.6) is 0 Å². The number of non-ortho nitro benzene ring substituents is 1. The van der Waals surface area contributed by atoms with Crippen molar-refractivity contribution in [2.45, 2.75) is 19.0 Å². The molecule has 0 aliphatic carbocycles. The number of carboxylic acid groups (broad SMARTS) is 1. The highest BCUT2D eigenvalue weighted by Gasteiger charge is 2.22. The maximum absolute atomic E-state index is 11.7. The maximum atomic E-state index is 11.7. The van der Waals surface area contributed by atoms with Crippen molar-refractivity contribution in [2.75, 3.05) is 11.9 Å². The molecule has 12 heteroatoms. The number of anilines is 1. The first kappa shape index (κ1) is 18.8. The zero-order chi connectivity index (χ0) is 18.4. The normalized spacial score (nSPS) is 12.8. The van der Waals surface area contributed by atoms with E-state index in [4.69, 9.17) is 10.8 Å². The molecule has 130 valence electrons. The van der Waals surface area contributed by atoms with Crippen molar-refractivity contribution < 1.29 is 24.5 Å². The quantitative estimate of drug-likeness (QED) is 0.367. The number of amides is 1. The fraction of sp³-hybridized carbons (Fsp3) is 0.333. The number of benzene rings is 1. The van der Waals surface area contributed by atoms with Gasteiger partial charge in [-0.25, -0.2) is 0 Å². The van der Waals surface area contributed by atoms with Crippen LogP contribution in [0.3, 0.4) is 0 Å². The molecule has 24 heavy (non-hydrogen) atoms. The number of nitro groups is 2. The molecule has 0 radical (unpaired) electrons. The predicted octanol–water partition coefficient (Wildman–Crippen LogP) is -0.168. The predicted molar refractivity (Wildman–Crippen MR) is 81.5 cm³/mol. The molecular formula is C12H15N5O7.